The third-order valence-electron chi connectivity index (χ3n) is 5.02. The number of hydrogen-bond donors (Lipinski definition) is 1. The molecule has 1 N–H and O–H groups in total. The Morgan fingerprint density at radius 3 is 2.56 bits per heavy atom. The lowest BCUT2D eigenvalue weighted by atomic mass is 9.87. The van der Waals surface area contributed by atoms with Crippen LogP contribution in [0.5, 0.6) is 0 Å². The minimum Gasteiger partial charge on any atom is -1.00 e. The molecule has 0 saturated carbocycles. The van der Waals surface area contributed by atoms with Crippen molar-refractivity contribution in [3.63, 3.8) is 0 Å². The first kappa shape index (κ1) is 21.1. The number of benzene rings is 1. The third-order valence-corrected chi connectivity index (χ3v) is 5.02. The fraction of sp³-hybridized carbons (Fsp3) is 0.450. The van der Waals surface area contributed by atoms with Crippen LogP contribution >= 0.6 is 0 Å². The highest BCUT2D eigenvalue weighted by molar-refractivity contribution is 6.14. The molecule has 0 spiro atoms. The molecule has 0 aliphatic heterocycles. The summed E-state index contributed by atoms with van der Waals surface area (Å²) in [6.45, 7) is 5.77. The number of nitrogens with one attached hydrogen (secondary N) is 1. The molecule has 3 rings (SSSR count). The average Bonchev–Trinajstić information content (AvgIpc) is 2.95. The standard InChI is InChI=1S/C20H24N2O4.ClH/c1-20(2,3)19(25)22-10-12-9-15(21(4)11-16(23)26-5)18(24)13-7-6-8-14(22)17(12)13;/h6-8,10,15H,9,11H2,1-5H3;1H. The Kier molecular flexibility index (Phi) is 5.82. The molecule has 2 atom stereocenters. The van der Waals surface area contributed by atoms with E-state index in [-0.39, 0.29) is 42.7 Å². The second-order valence-corrected chi connectivity index (χ2v) is 8.00. The molecule has 0 radical (unpaired) electrons. The summed E-state index contributed by atoms with van der Waals surface area (Å²) in [5, 5.41) is 0.859. The summed E-state index contributed by atoms with van der Waals surface area (Å²) in [6, 6.07) is 5.12. The molecule has 1 aliphatic rings. The number of halogens is 1. The number of likely N-dealkylation sites (N-methyl/N-ethyl adjacent to an activating group) is 1. The van der Waals surface area contributed by atoms with Crippen molar-refractivity contribution in [2.24, 2.45) is 5.41 Å². The van der Waals surface area contributed by atoms with Crippen LogP contribution in [0.3, 0.4) is 0 Å². The Labute approximate surface area is 164 Å². The van der Waals surface area contributed by atoms with E-state index < -0.39 is 5.41 Å². The average molecular weight is 393 g/mol. The lowest BCUT2D eigenvalue weighted by molar-refractivity contribution is -0.888. The molecule has 1 aliphatic carbocycles. The molecule has 27 heavy (non-hydrogen) atoms. The number of carbonyl (C=O) groups excluding carboxylic acids is 3. The molecule has 146 valence electrons. The van der Waals surface area contributed by atoms with Gasteiger partial charge in [-0.2, -0.15) is 0 Å². The molecule has 0 amide bonds. The highest BCUT2D eigenvalue weighted by Crippen LogP contribution is 2.32. The van der Waals surface area contributed by atoms with Gasteiger partial charge in [0.2, 0.25) is 11.7 Å². The van der Waals surface area contributed by atoms with Crippen molar-refractivity contribution >= 4 is 28.6 Å². The first-order valence-electron chi connectivity index (χ1n) is 8.76. The van der Waals surface area contributed by atoms with Crippen LogP contribution in [0.1, 0.15) is 41.5 Å². The Hall–Kier alpha value is -2.18. The van der Waals surface area contributed by atoms with Gasteiger partial charge in [0, 0.05) is 29.0 Å². The van der Waals surface area contributed by atoms with Crippen LogP contribution in [0.4, 0.5) is 0 Å². The number of Topliss-reactive ketones (excluding diaryl/α,β-unsaturated/α-hetero) is 1. The second kappa shape index (κ2) is 7.44. The van der Waals surface area contributed by atoms with Crippen LogP contribution in [0.15, 0.2) is 24.4 Å². The van der Waals surface area contributed by atoms with E-state index in [1.54, 1.807) is 10.6 Å². The molecule has 0 bridgehead atoms. The van der Waals surface area contributed by atoms with Crippen LogP contribution in [0, 0.1) is 5.41 Å². The van der Waals surface area contributed by atoms with E-state index in [1.165, 1.54) is 7.11 Å². The minimum absolute atomic E-state index is 0. The molecule has 0 fully saturated rings. The Balaban J connectivity index is 0.00000261. The molecule has 2 aromatic rings. The summed E-state index contributed by atoms with van der Waals surface area (Å²) in [4.78, 5) is 38.3. The molecule has 0 saturated heterocycles. The largest absolute Gasteiger partial charge is 1.00 e. The molecule has 1 heterocycles. The lowest BCUT2D eigenvalue weighted by Crippen LogP contribution is -3.15. The molecular formula is C20H25ClN2O4. The van der Waals surface area contributed by atoms with Crippen molar-refractivity contribution < 1.29 is 36.4 Å². The van der Waals surface area contributed by atoms with Crippen molar-refractivity contribution in [1.29, 1.82) is 0 Å². The summed E-state index contributed by atoms with van der Waals surface area (Å²) in [5.74, 6) is -0.350. The predicted molar refractivity (Wildman–Crippen MR) is 97.6 cm³/mol. The number of ether oxygens (including phenoxy) is 1. The normalized spacial score (nSPS) is 17.4. The van der Waals surface area contributed by atoms with Crippen molar-refractivity contribution in [3.05, 3.63) is 35.5 Å². The Morgan fingerprint density at radius 2 is 1.96 bits per heavy atom. The van der Waals surface area contributed by atoms with E-state index in [0.717, 1.165) is 21.4 Å². The topological polar surface area (TPSA) is 69.8 Å². The lowest BCUT2D eigenvalue weighted by Gasteiger charge is -2.26. The Bertz CT molecular complexity index is 911. The van der Waals surface area contributed by atoms with E-state index in [4.69, 9.17) is 4.74 Å². The minimum atomic E-state index is -0.524. The first-order valence-corrected chi connectivity index (χ1v) is 8.76. The van der Waals surface area contributed by atoms with Crippen molar-refractivity contribution in [3.8, 4) is 0 Å². The summed E-state index contributed by atoms with van der Waals surface area (Å²) in [6.07, 6.45) is 2.35. The van der Waals surface area contributed by atoms with Crippen molar-refractivity contribution in [2.75, 3.05) is 20.7 Å². The van der Waals surface area contributed by atoms with Crippen molar-refractivity contribution in [1.82, 2.24) is 4.57 Å². The van der Waals surface area contributed by atoms with Gasteiger partial charge in [0.15, 0.2) is 12.6 Å². The molecule has 2 unspecified atom stereocenters. The van der Waals surface area contributed by atoms with Crippen molar-refractivity contribution in [2.45, 2.75) is 33.2 Å². The third kappa shape index (κ3) is 3.64. The zero-order valence-corrected chi connectivity index (χ0v) is 17.0. The van der Waals surface area contributed by atoms with Crippen LogP contribution in [-0.4, -0.2) is 49.0 Å². The van der Waals surface area contributed by atoms with E-state index >= 15 is 0 Å². The summed E-state index contributed by atoms with van der Waals surface area (Å²) in [7, 11) is 3.16. The fourth-order valence-corrected chi connectivity index (χ4v) is 3.58. The number of ketones is 1. The summed E-state index contributed by atoms with van der Waals surface area (Å²) >= 11 is 0. The smallest absolute Gasteiger partial charge is 0.361 e. The van der Waals surface area contributed by atoms with Gasteiger partial charge in [0.1, 0.15) is 0 Å². The number of rotatable bonds is 3. The van der Waals surface area contributed by atoms with Gasteiger partial charge < -0.3 is 22.0 Å². The van der Waals surface area contributed by atoms with Gasteiger partial charge in [-0.15, -0.1) is 0 Å². The molecule has 1 aromatic heterocycles. The zero-order valence-electron chi connectivity index (χ0n) is 16.3. The van der Waals surface area contributed by atoms with Gasteiger partial charge in [0.05, 0.1) is 19.7 Å². The Morgan fingerprint density at radius 1 is 1.30 bits per heavy atom. The van der Waals surface area contributed by atoms with Crippen LogP contribution < -0.4 is 17.3 Å². The maximum absolute atomic E-state index is 13.0. The monoisotopic (exact) mass is 392 g/mol. The second-order valence-electron chi connectivity index (χ2n) is 8.00. The zero-order chi connectivity index (χ0) is 19.2. The highest BCUT2D eigenvalue weighted by atomic mass is 35.5. The number of carbonyl (C=O) groups is 3. The van der Waals surface area contributed by atoms with Gasteiger partial charge in [-0.25, -0.2) is 4.79 Å². The van der Waals surface area contributed by atoms with E-state index in [0.29, 0.717) is 12.0 Å². The number of methoxy groups -OCH3 is 1. The summed E-state index contributed by atoms with van der Waals surface area (Å²) in [5.41, 5.74) is 1.85. The predicted octanol–water partition coefficient (Wildman–Crippen LogP) is -1.87. The van der Waals surface area contributed by atoms with Gasteiger partial charge in [0.25, 0.3) is 0 Å². The molecular weight excluding hydrogens is 368 g/mol. The van der Waals surface area contributed by atoms with Gasteiger partial charge >= 0.3 is 5.97 Å². The van der Waals surface area contributed by atoms with E-state index in [1.807, 2.05) is 46.1 Å². The first-order chi connectivity index (χ1) is 12.1. The maximum Gasteiger partial charge on any atom is 0.361 e. The van der Waals surface area contributed by atoms with Crippen LogP contribution in [-0.2, 0) is 16.0 Å². The van der Waals surface area contributed by atoms with E-state index in [2.05, 4.69) is 0 Å². The molecule has 7 heteroatoms. The maximum atomic E-state index is 13.0. The number of hydrogen-bond acceptors (Lipinski definition) is 4. The number of aromatic nitrogens is 1. The van der Waals surface area contributed by atoms with Crippen LogP contribution in [0.2, 0.25) is 0 Å². The number of nitrogens with zero attached hydrogens (tertiary/aromatic N) is 1. The molecule has 1 aromatic carbocycles. The molecule has 6 nitrogen and oxygen atoms in total. The van der Waals surface area contributed by atoms with E-state index in [9.17, 15) is 14.4 Å². The quantitative estimate of drug-likeness (QED) is 0.621. The highest BCUT2D eigenvalue weighted by Gasteiger charge is 2.37. The summed E-state index contributed by atoms with van der Waals surface area (Å²) < 4.78 is 6.39. The fourth-order valence-electron chi connectivity index (χ4n) is 3.58. The van der Waals surface area contributed by atoms with Gasteiger partial charge in [-0.05, 0) is 11.6 Å². The van der Waals surface area contributed by atoms with Crippen LogP contribution in [0.25, 0.3) is 10.9 Å². The number of quaternary nitrogens is 1. The van der Waals surface area contributed by atoms with Gasteiger partial charge in [-0.1, -0.05) is 32.9 Å². The SMILES string of the molecule is COC(=O)C[NH+](C)C1Cc2cn(C(=O)C(C)(C)C)c3cccc(c23)C1=O.[Cl-]. The van der Waals surface area contributed by atoms with Gasteiger partial charge in [-0.3, -0.25) is 14.2 Å². The number of esters is 1.